The minimum atomic E-state index is -3.88. The van der Waals surface area contributed by atoms with Crippen LogP contribution in [0.4, 0.5) is 10.2 Å². The first kappa shape index (κ1) is 28.9. The molecular formula is C27H31FN6O5S. The number of halogens is 1. The number of amides is 2. The van der Waals surface area contributed by atoms with Gasteiger partial charge in [0.05, 0.1) is 17.6 Å². The number of aromatic nitrogens is 3. The Balaban J connectivity index is 1.37. The van der Waals surface area contributed by atoms with Crippen LogP contribution in [0.3, 0.4) is 0 Å². The lowest BCUT2D eigenvalue weighted by molar-refractivity contribution is 0.0745. The molecule has 0 saturated carbocycles. The van der Waals surface area contributed by atoms with E-state index >= 15 is 0 Å². The Kier molecular flexibility index (Phi) is 8.33. The number of carbonyl (C=O) groups excluding carboxylic acids is 2. The standard InChI is InChI=1S/C27H31FN6O5S/c1-5-39-20-14-19(16-29-17-20)21-7-6-18(15-22(21)28)26(36)34-12-10-33(11-13-34)24-9-8-23(30-31-24)25(35)32-40(37,38)27(2,3)4/h6-9,14-17H,5,10-13H2,1-4H3,(H,32,35). The van der Waals surface area contributed by atoms with Gasteiger partial charge in [-0.3, -0.25) is 14.6 Å². The third kappa shape index (κ3) is 6.36. The zero-order valence-electron chi connectivity index (χ0n) is 22.7. The first-order valence-electron chi connectivity index (χ1n) is 12.7. The van der Waals surface area contributed by atoms with Crippen molar-refractivity contribution in [3.63, 3.8) is 0 Å². The molecule has 1 aromatic carbocycles. The highest BCUT2D eigenvalue weighted by Crippen LogP contribution is 2.27. The van der Waals surface area contributed by atoms with E-state index in [1.807, 2.05) is 16.5 Å². The molecule has 1 aliphatic rings. The normalized spacial score (nSPS) is 14.1. The minimum Gasteiger partial charge on any atom is -0.492 e. The monoisotopic (exact) mass is 570 g/mol. The number of rotatable bonds is 7. The van der Waals surface area contributed by atoms with E-state index in [4.69, 9.17) is 4.74 Å². The van der Waals surface area contributed by atoms with Gasteiger partial charge in [0.15, 0.2) is 11.5 Å². The van der Waals surface area contributed by atoms with Crippen LogP contribution in [-0.2, 0) is 10.0 Å². The molecule has 13 heteroatoms. The van der Waals surface area contributed by atoms with Gasteiger partial charge in [0.25, 0.3) is 11.8 Å². The van der Waals surface area contributed by atoms with Crippen LogP contribution in [0.5, 0.6) is 5.75 Å². The molecule has 2 amide bonds. The second-order valence-electron chi connectivity index (χ2n) is 10.1. The van der Waals surface area contributed by atoms with Gasteiger partial charge >= 0.3 is 0 Å². The van der Waals surface area contributed by atoms with Crippen molar-refractivity contribution < 1.29 is 27.1 Å². The van der Waals surface area contributed by atoms with Crippen molar-refractivity contribution in [2.45, 2.75) is 32.4 Å². The lowest BCUT2D eigenvalue weighted by atomic mass is 10.0. The molecule has 212 valence electrons. The maximum absolute atomic E-state index is 15.0. The molecule has 0 atom stereocenters. The minimum absolute atomic E-state index is 0.128. The van der Waals surface area contributed by atoms with Crippen LogP contribution in [0.2, 0.25) is 0 Å². The molecule has 3 aromatic rings. The number of nitrogens with one attached hydrogen (secondary N) is 1. The van der Waals surface area contributed by atoms with Crippen LogP contribution in [0.25, 0.3) is 11.1 Å². The van der Waals surface area contributed by atoms with Crippen molar-refractivity contribution in [1.82, 2.24) is 24.8 Å². The van der Waals surface area contributed by atoms with E-state index in [0.717, 1.165) is 0 Å². The molecular weight excluding hydrogens is 539 g/mol. The molecule has 0 spiro atoms. The smallest absolute Gasteiger partial charge is 0.285 e. The van der Waals surface area contributed by atoms with Gasteiger partial charge in [-0.1, -0.05) is 6.07 Å². The Hall–Kier alpha value is -4.13. The van der Waals surface area contributed by atoms with E-state index < -0.39 is 26.5 Å². The zero-order chi connectivity index (χ0) is 29.1. The number of pyridine rings is 1. The van der Waals surface area contributed by atoms with E-state index in [1.165, 1.54) is 39.1 Å². The maximum atomic E-state index is 15.0. The number of benzene rings is 1. The van der Waals surface area contributed by atoms with Gasteiger partial charge in [-0.15, -0.1) is 10.2 Å². The highest BCUT2D eigenvalue weighted by molar-refractivity contribution is 7.91. The topological polar surface area (TPSA) is 135 Å². The van der Waals surface area contributed by atoms with Crippen LogP contribution in [0.15, 0.2) is 48.8 Å². The quantitative estimate of drug-likeness (QED) is 0.455. The van der Waals surface area contributed by atoms with E-state index in [9.17, 15) is 22.4 Å². The summed E-state index contributed by atoms with van der Waals surface area (Å²) in [7, 11) is -3.88. The Morgan fingerprint density at radius 1 is 1.02 bits per heavy atom. The molecule has 1 N–H and O–H groups in total. The molecule has 40 heavy (non-hydrogen) atoms. The molecule has 0 radical (unpaired) electrons. The Labute approximate surface area is 232 Å². The summed E-state index contributed by atoms with van der Waals surface area (Å²) < 4.78 is 45.7. The van der Waals surface area contributed by atoms with Crippen molar-refractivity contribution >= 4 is 27.7 Å². The van der Waals surface area contributed by atoms with Gasteiger partial charge in [-0.25, -0.2) is 17.5 Å². The fourth-order valence-corrected chi connectivity index (χ4v) is 4.61. The number of hydrogen-bond acceptors (Lipinski definition) is 9. The molecule has 1 fully saturated rings. The van der Waals surface area contributed by atoms with E-state index in [-0.39, 0.29) is 17.2 Å². The number of piperazine rings is 1. The molecule has 0 unspecified atom stereocenters. The second-order valence-corrected chi connectivity index (χ2v) is 12.6. The van der Waals surface area contributed by atoms with Crippen LogP contribution >= 0.6 is 0 Å². The molecule has 2 aromatic heterocycles. The predicted molar refractivity (Wildman–Crippen MR) is 147 cm³/mol. The number of sulfonamides is 1. The fourth-order valence-electron chi connectivity index (χ4n) is 3.96. The average molecular weight is 571 g/mol. The first-order chi connectivity index (χ1) is 18.9. The summed E-state index contributed by atoms with van der Waals surface area (Å²) in [5.41, 5.74) is 0.985. The third-order valence-electron chi connectivity index (χ3n) is 6.36. The van der Waals surface area contributed by atoms with E-state index in [0.29, 0.717) is 55.5 Å². The lowest BCUT2D eigenvalue weighted by Crippen LogP contribution is -2.49. The van der Waals surface area contributed by atoms with Gasteiger partial charge in [-0.2, -0.15) is 0 Å². The third-order valence-corrected chi connectivity index (χ3v) is 8.42. The molecule has 0 bridgehead atoms. The number of hydrogen-bond donors (Lipinski definition) is 1. The van der Waals surface area contributed by atoms with Crippen molar-refractivity contribution in [3.05, 3.63) is 65.9 Å². The predicted octanol–water partition coefficient (Wildman–Crippen LogP) is 2.90. The van der Waals surface area contributed by atoms with Crippen molar-refractivity contribution in [3.8, 4) is 16.9 Å². The van der Waals surface area contributed by atoms with Crippen molar-refractivity contribution in [2.24, 2.45) is 0 Å². The maximum Gasteiger partial charge on any atom is 0.285 e. The number of anilines is 1. The highest BCUT2D eigenvalue weighted by atomic mass is 32.2. The summed E-state index contributed by atoms with van der Waals surface area (Å²) in [5, 5.41) is 7.94. The van der Waals surface area contributed by atoms with Crippen LogP contribution in [0.1, 0.15) is 48.5 Å². The van der Waals surface area contributed by atoms with Gasteiger partial charge < -0.3 is 14.5 Å². The summed E-state index contributed by atoms with van der Waals surface area (Å²) in [5.74, 6) is -0.658. The van der Waals surface area contributed by atoms with Gasteiger partial charge in [0, 0.05) is 49.1 Å². The van der Waals surface area contributed by atoms with E-state index in [2.05, 4.69) is 15.2 Å². The molecule has 4 rings (SSSR count). The SMILES string of the molecule is CCOc1cncc(-c2ccc(C(=O)N3CCN(c4ccc(C(=O)NS(=O)(=O)C(C)(C)C)nn4)CC3)cc2F)c1. The van der Waals surface area contributed by atoms with Crippen LogP contribution in [-0.4, -0.2) is 77.8 Å². The van der Waals surface area contributed by atoms with Crippen LogP contribution in [0, 0.1) is 5.82 Å². The number of nitrogens with zero attached hydrogens (tertiary/aromatic N) is 5. The molecule has 1 aliphatic heterocycles. The van der Waals surface area contributed by atoms with Crippen molar-refractivity contribution in [2.75, 3.05) is 37.7 Å². The van der Waals surface area contributed by atoms with Gasteiger partial charge in [-0.05, 0) is 58.0 Å². The highest BCUT2D eigenvalue weighted by Gasteiger charge is 2.31. The summed E-state index contributed by atoms with van der Waals surface area (Å²) in [6.07, 6.45) is 3.09. The molecule has 3 heterocycles. The largest absolute Gasteiger partial charge is 0.492 e. The number of ether oxygens (including phenoxy) is 1. The number of carbonyl (C=O) groups is 2. The lowest BCUT2D eigenvalue weighted by Gasteiger charge is -2.35. The summed E-state index contributed by atoms with van der Waals surface area (Å²) in [6, 6.07) is 9.06. The Morgan fingerprint density at radius 2 is 1.75 bits per heavy atom. The summed E-state index contributed by atoms with van der Waals surface area (Å²) in [6.45, 7) is 8.39. The second kappa shape index (κ2) is 11.5. The first-order valence-corrected chi connectivity index (χ1v) is 14.2. The molecule has 11 nitrogen and oxygen atoms in total. The Morgan fingerprint density at radius 3 is 2.35 bits per heavy atom. The average Bonchev–Trinajstić information content (AvgIpc) is 2.92. The summed E-state index contributed by atoms with van der Waals surface area (Å²) in [4.78, 5) is 33.0. The van der Waals surface area contributed by atoms with Gasteiger partial charge in [0.1, 0.15) is 11.6 Å². The van der Waals surface area contributed by atoms with Crippen LogP contribution < -0.4 is 14.4 Å². The van der Waals surface area contributed by atoms with E-state index in [1.54, 1.807) is 35.4 Å². The summed E-state index contributed by atoms with van der Waals surface area (Å²) >= 11 is 0. The fraction of sp³-hybridized carbons (Fsp3) is 0.370. The molecule has 0 aliphatic carbocycles. The van der Waals surface area contributed by atoms with Gasteiger partial charge in [0.2, 0.25) is 10.0 Å². The molecule has 1 saturated heterocycles. The Bertz CT molecular complexity index is 1500. The zero-order valence-corrected chi connectivity index (χ0v) is 23.5. The van der Waals surface area contributed by atoms with Crippen molar-refractivity contribution in [1.29, 1.82) is 0 Å².